The molecule has 4 rings (SSSR count). The Bertz CT molecular complexity index is 1800. The van der Waals surface area contributed by atoms with E-state index in [4.69, 9.17) is 9.47 Å². The predicted molar refractivity (Wildman–Crippen MR) is 192 cm³/mol. The molecule has 11 heteroatoms. The second-order valence-corrected chi connectivity index (χ2v) is 14.3. The molecule has 0 aromatic heterocycles. The molecule has 0 aliphatic carbocycles. The molecule has 1 N–H and O–H groups in total. The van der Waals surface area contributed by atoms with Crippen molar-refractivity contribution in [1.29, 1.82) is 0 Å². The van der Waals surface area contributed by atoms with Crippen LogP contribution in [-0.4, -0.2) is 58.0 Å². The number of carbonyl (C=O) groups excluding carboxylic acids is 2. The number of aryl methyl sites for hydroxylation is 1. The van der Waals surface area contributed by atoms with Crippen LogP contribution in [-0.2, 0) is 32.6 Å². The molecule has 4 aromatic carbocycles. The molecule has 9 nitrogen and oxygen atoms in total. The first-order valence-corrected chi connectivity index (χ1v) is 17.9. The summed E-state index contributed by atoms with van der Waals surface area (Å²) in [5.41, 5.74) is 2.72. The molecule has 2 atom stereocenters. The third kappa shape index (κ3) is 9.17. The lowest BCUT2D eigenvalue weighted by Gasteiger charge is -2.34. The van der Waals surface area contributed by atoms with Crippen LogP contribution in [0.3, 0.4) is 0 Å². The second-order valence-electron chi connectivity index (χ2n) is 11.5. The van der Waals surface area contributed by atoms with Crippen molar-refractivity contribution in [3.05, 3.63) is 118 Å². The summed E-state index contributed by atoms with van der Waals surface area (Å²) in [5.74, 6) is -0.176. The van der Waals surface area contributed by atoms with Crippen LogP contribution in [0.1, 0.15) is 37.0 Å². The fourth-order valence-electron chi connectivity index (χ4n) is 5.17. The van der Waals surface area contributed by atoms with E-state index >= 15 is 0 Å². The fraction of sp³-hybridized carbons (Fsp3) is 0.297. The number of nitrogens with zero attached hydrogens (tertiary/aromatic N) is 2. The van der Waals surface area contributed by atoms with Gasteiger partial charge in [0.05, 0.1) is 24.8 Å². The Hall–Kier alpha value is -4.35. The number of carbonyl (C=O) groups is 2. The second kappa shape index (κ2) is 16.7. The number of methoxy groups -OCH3 is 2. The Kier molecular flexibility index (Phi) is 12.7. The SMILES string of the molecule is CC[C@@H](C)NC(=O)[C@@H](Cc1ccccc1)N(Cc1cccc(Br)c1)C(=O)CN(c1ccc(OC)c(OC)c1)S(=O)(=O)c1ccc(C)cc1. The number of amides is 2. The van der Waals surface area contributed by atoms with Gasteiger partial charge in [0, 0.05) is 29.5 Å². The first-order valence-electron chi connectivity index (χ1n) is 15.7. The Balaban J connectivity index is 1.85. The summed E-state index contributed by atoms with van der Waals surface area (Å²) in [4.78, 5) is 30.2. The maximum absolute atomic E-state index is 14.7. The highest BCUT2D eigenvalue weighted by Gasteiger charge is 2.35. The lowest BCUT2D eigenvalue weighted by atomic mass is 10.0. The van der Waals surface area contributed by atoms with Gasteiger partial charge >= 0.3 is 0 Å². The average molecular weight is 737 g/mol. The number of nitrogens with one attached hydrogen (secondary N) is 1. The first kappa shape index (κ1) is 36.5. The van der Waals surface area contributed by atoms with Crippen LogP contribution >= 0.6 is 15.9 Å². The summed E-state index contributed by atoms with van der Waals surface area (Å²) in [7, 11) is -1.33. The van der Waals surface area contributed by atoms with E-state index in [-0.39, 0.29) is 35.5 Å². The Morgan fingerprint density at radius 2 is 1.52 bits per heavy atom. The summed E-state index contributed by atoms with van der Waals surface area (Å²) in [5, 5.41) is 3.05. The molecule has 0 saturated carbocycles. The quantitative estimate of drug-likeness (QED) is 0.149. The van der Waals surface area contributed by atoms with Crippen LogP contribution in [0.4, 0.5) is 5.69 Å². The van der Waals surface area contributed by atoms with Gasteiger partial charge in [-0.1, -0.05) is 83.0 Å². The lowest BCUT2D eigenvalue weighted by Crippen LogP contribution is -2.54. The van der Waals surface area contributed by atoms with E-state index < -0.39 is 28.5 Å². The van der Waals surface area contributed by atoms with E-state index in [1.807, 2.05) is 75.4 Å². The van der Waals surface area contributed by atoms with Crippen LogP contribution in [0.5, 0.6) is 11.5 Å². The maximum atomic E-state index is 14.7. The summed E-state index contributed by atoms with van der Waals surface area (Å²) < 4.78 is 41.4. The molecule has 0 aliphatic heterocycles. The van der Waals surface area contributed by atoms with Crippen molar-refractivity contribution in [1.82, 2.24) is 10.2 Å². The molecule has 0 unspecified atom stereocenters. The Labute approximate surface area is 292 Å². The first-order chi connectivity index (χ1) is 23.0. The van der Waals surface area contributed by atoms with E-state index in [2.05, 4.69) is 21.2 Å². The van der Waals surface area contributed by atoms with E-state index in [0.29, 0.717) is 17.9 Å². The van der Waals surface area contributed by atoms with E-state index in [1.165, 1.54) is 37.3 Å². The number of halogens is 1. The molecule has 0 heterocycles. The Morgan fingerprint density at radius 1 is 0.854 bits per heavy atom. The summed E-state index contributed by atoms with van der Waals surface area (Å²) in [6.45, 7) is 5.22. The van der Waals surface area contributed by atoms with E-state index in [0.717, 1.165) is 25.5 Å². The van der Waals surface area contributed by atoms with Gasteiger partial charge in [0.2, 0.25) is 11.8 Å². The standard InChI is InChI=1S/C37H42BrN3O6S/c1-6-27(3)39-37(43)33(22-28-11-8-7-9-12-28)40(24-29-13-10-14-30(38)21-29)36(42)25-41(31-17-20-34(46-4)35(23-31)47-5)48(44,45)32-18-15-26(2)16-19-32/h7-21,23,27,33H,6,22,24-25H2,1-5H3,(H,39,43)/t27-,33-/m1/s1. The molecule has 0 bridgehead atoms. The molecule has 0 saturated heterocycles. The number of anilines is 1. The number of ether oxygens (including phenoxy) is 2. The van der Waals surface area contributed by atoms with Crippen LogP contribution in [0, 0.1) is 6.92 Å². The number of rotatable bonds is 15. The van der Waals surface area contributed by atoms with Crippen LogP contribution in [0.25, 0.3) is 0 Å². The van der Waals surface area contributed by atoms with Crippen molar-refractivity contribution >= 4 is 43.5 Å². The zero-order chi connectivity index (χ0) is 34.8. The molecule has 0 aliphatic rings. The van der Waals surface area contributed by atoms with Crippen molar-refractivity contribution in [3.63, 3.8) is 0 Å². The van der Waals surface area contributed by atoms with Crippen LogP contribution in [0.15, 0.2) is 106 Å². The number of sulfonamides is 1. The molecule has 4 aromatic rings. The van der Waals surface area contributed by atoms with Crippen molar-refractivity contribution in [2.75, 3.05) is 25.1 Å². The topological polar surface area (TPSA) is 105 Å². The highest BCUT2D eigenvalue weighted by molar-refractivity contribution is 9.10. The number of hydrogen-bond acceptors (Lipinski definition) is 6. The summed E-state index contributed by atoms with van der Waals surface area (Å²) in [6, 6.07) is 27.0. The number of benzene rings is 4. The molecule has 0 fully saturated rings. The van der Waals surface area contributed by atoms with Gasteiger partial charge in [0.1, 0.15) is 12.6 Å². The molecule has 2 amide bonds. The third-order valence-corrected chi connectivity index (χ3v) is 10.3. The molecule has 48 heavy (non-hydrogen) atoms. The Morgan fingerprint density at radius 3 is 2.15 bits per heavy atom. The zero-order valence-corrected chi connectivity index (χ0v) is 30.3. The molecule has 0 spiro atoms. The largest absolute Gasteiger partial charge is 0.493 e. The maximum Gasteiger partial charge on any atom is 0.264 e. The molecular formula is C37H42BrN3O6S. The molecular weight excluding hydrogens is 694 g/mol. The third-order valence-electron chi connectivity index (χ3n) is 8.06. The smallest absolute Gasteiger partial charge is 0.264 e. The van der Waals surface area contributed by atoms with Crippen molar-refractivity contribution < 1.29 is 27.5 Å². The highest BCUT2D eigenvalue weighted by Crippen LogP contribution is 2.34. The minimum atomic E-state index is -4.27. The zero-order valence-electron chi connectivity index (χ0n) is 27.9. The van der Waals surface area contributed by atoms with Gasteiger partial charge in [0.15, 0.2) is 11.5 Å². The monoisotopic (exact) mass is 735 g/mol. The normalized spacial score (nSPS) is 12.5. The lowest BCUT2D eigenvalue weighted by molar-refractivity contribution is -0.140. The van der Waals surface area contributed by atoms with Gasteiger partial charge in [-0.3, -0.25) is 13.9 Å². The van der Waals surface area contributed by atoms with Gasteiger partial charge in [0.25, 0.3) is 10.0 Å². The molecule has 0 radical (unpaired) electrons. The highest BCUT2D eigenvalue weighted by atomic mass is 79.9. The number of hydrogen-bond donors (Lipinski definition) is 1. The minimum Gasteiger partial charge on any atom is -0.493 e. The minimum absolute atomic E-state index is 0.0181. The summed E-state index contributed by atoms with van der Waals surface area (Å²) >= 11 is 3.51. The predicted octanol–water partition coefficient (Wildman–Crippen LogP) is 6.52. The van der Waals surface area contributed by atoms with Crippen LogP contribution in [0.2, 0.25) is 0 Å². The van der Waals surface area contributed by atoms with Gasteiger partial charge in [-0.15, -0.1) is 0 Å². The van der Waals surface area contributed by atoms with Gasteiger partial charge in [-0.2, -0.15) is 0 Å². The molecule has 254 valence electrons. The van der Waals surface area contributed by atoms with Crippen LogP contribution < -0.4 is 19.1 Å². The van der Waals surface area contributed by atoms with Gasteiger partial charge in [-0.05, 0) is 67.8 Å². The van der Waals surface area contributed by atoms with Gasteiger partial charge < -0.3 is 19.7 Å². The van der Waals surface area contributed by atoms with Gasteiger partial charge in [-0.25, -0.2) is 8.42 Å². The van der Waals surface area contributed by atoms with E-state index in [9.17, 15) is 18.0 Å². The summed E-state index contributed by atoms with van der Waals surface area (Å²) in [6.07, 6.45) is 0.926. The van der Waals surface area contributed by atoms with Crippen molar-refractivity contribution in [3.8, 4) is 11.5 Å². The average Bonchev–Trinajstić information content (AvgIpc) is 3.08. The van der Waals surface area contributed by atoms with Crippen molar-refractivity contribution in [2.45, 2.75) is 57.1 Å². The van der Waals surface area contributed by atoms with Crippen molar-refractivity contribution in [2.24, 2.45) is 0 Å². The fourth-order valence-corrected chi connectivity index (χ4v) is 7.03. The van der Waals surface area contributed by atoms with E-state index in [1.54, 1.807) is 24.3 Å².